The fourth-order valence-corrected chi connectivity index (χ4v) is 6.53. The molecule has 0 amide bonds. The number of halogens is 2. The van der Waals surface area contributed by atoms with E-state index in [1.165, 1.54) is 13.8 Å². The molecule has 4 atom stereocenters. The van der Waals surface area contributed by atoms with Crippen LogP contribution in [-0.4, -0.2) is 55.8 Å². The van der Waals surface area contributed by atoms with Crippen LogP contribution in [0.5, 0.6) is 0 Å². The summed E-state index contributed by atoms with van der Waals surface area (Å²) in [5, 5.41) is 19.9. The molecule has 0 bridgehead atoms. The molecule has 182 valence electrons. The number of nitrogens with one attached hydrogen (secondary N) is 1. The highest BCUT2D eigenvalue weighted by Crippen LogP contribution is 2.34. The number of aliphatic hydroxyl groups excluding tert-OH is 2. The zero-order chi connectivity index (χ0) is 24.4. The number of benzene rings is 2. The molecule has 0 radical (unpaired) electrons. The summed E-state index contributed by atoms with van der Waals surface area (Å²) in [6, 6.07) is 10.5. The smallest absolute Gasteiger partial charge is 0.163 e. The van der Waals surface area contributed by atoms with E-state index < -0.39 is 56.3 Å². The van der Waals surface area contributed by atoms with E-state index >= 15 is 4.39 Å². The lowest BCUT2D eigenvalue weighted by Crippen LogP contribution is -2.53. The first kappa shape index (κ1) is 25.7. The van der Waals surface area contributed by atoms with Crippen molar-refractivity contribution in [3.05, 3.63) is 70.8 Å². The lowest BCUT2D eigenvalue weighted by molar-refractivity contribution is -0.0756. The molecule has 0 aliphatic carbocycles. The van der Waals surface area contributed by atoms with Gasteiger partial charge in [0.1, 0.15) is 17.7 Å². The molecule has 1 fully saturated rings. The van der Waals surface area contributed by atoms with Crippen LogP contribution in [0, 0.1) is 11.6 Å². The molecule has 33 heavy (non-hydrogen) atoms. The Labute approximate surface area is 193 Å². The summed E-state index contributed by atoms with van der Waals surface area (Å²) >= 11 is 0. The molecule has 0 spiro atoms. The Bertz CT molecular complexity index is 1060. The molecule has 1 heterocycles. The fraction of sp³-hybridized carbons (Fsp3) is 0.500. The maximum Gasteiger partial charge on any atom is 0.163 e. The molecule has 6 nitrogen and oxygen atoms in total. The molecular formula is C24H31F2NO5S. The van der Waals surface area contributed by atoms with Crippen LogP contribution in [0.4, 0.5) is 8.78 Å². The van der Waals surface area contributed by atoms with Crippen molar-refractivity contribution in [2.45, 2.75) is 55.4 Å². The topological polar surface area (TPSA) is 95.9 Å². The van der Waals surface area contributed by atoms with Crippen LogP contribution in [0.15, 0.2) is 42.5 Å². The summed E-state index contributed by atoms with van der Waals surface area (Å²) in [5.74, 6) is -1.46. The van der Waals surface area contributed by atoms with E-state index in [9.17, 15) is 17.9 Å². The minimum Gasteiger partial charge on any atom is -0.394 e. The van der Waals surface area contributed by atoms with E-state index in [1.54, 1.807) is 31.2 Å². The van der Waals surface area contributed by atoms with E-state index in [2.05, 4.69) is 5.32 Å². The normalized spacial score (nSPS) is 23.9. The molecule has 3 N–H and O–H groups in total. The zero-order valence-electron chi connectivity index (χ0n) is 19.0. The quantitative estimate of drug-likeness (QED) is 0.534. The van der Waals surface area contributed by atoms with Crippen molar-refractivity contribution in [3.63, 3.8) is 0 Å². The van der Waals surface area contributed by atoms with Crippen molar-refractivity contribution in [3.8, 4) is 0 Å². The highest BCUT2D eigenvalue weighted by molar-refractivity contribution is 7.92. The number of sulfone groups is 1. The maximum atomic E-state index is 15.1. The Hall–Kier alpha value is -1.91. The van der Waals surface area contributed by atoms with Crippen LogP contribution in [0.2, 0.25) is 0 Å². The number of aliphatic hydroxyl groups is 2. The van der Waals surface area contributed by atoms with Gasteiger partial charge in [-0.05, 0) is 50.5 Å². The molecule has 1 aliphatic heterocycles. The first-order valence-corrected chi connectivity index (χ1v) is 12.5. The van der Waals surface area contributed by atoms with Crippen molar-refractivity contribution in [2.75, 3.05) is 19.8 Å². The molecule has 1 aliphatic rings. The van der Waals surface area contributed by atoms with Crippen LogP contribution >= 0.6 is 0 Å². The Morgan fingerprint density at radius 2 is 1.85 bits per heavy atom. The minimum atomic E-state index is -3.68. The largest absolute Gasteiger partial charge is 0.394 e. The molecule has 9 heteroatoms. The fourth-order valence-electron chi connectivity index (χ4n) is 4.16. The third-order valence-corrected chi connectivity index (χ3v) is 8.88. The van der Waals surface area contributed by atoms with Gasteiger partial charge in [-0.15, -0.1) is 0 Å². The van der Waals surface area contributed by atoms with Gasteiger partial charge in [-0.2, -0.15) is 0 Å². The van der Waals surface area contributed by atoms with Gasteiger partial charge >= 0.3 is 0 Å². The maximum absolute atomic E-state index is 15.1. The summed E-state index contributed by atoms with van der Waals surface area (Å²) in [4.78, 5) is 0. The van der Waals surface area contributed by atoms with E-state index in [0.29, 0.717) is 5.56 Å². The van der Waals surface area contributed by atoms with Crippen LogP contribution < -0.4 is 5.32 Å². The van der Waals surface area contributed by atoms with Crippen LogP contribution in [0.3, 0.4) is 0 Å². The summed E-state index contributed by atoms with van der Waals surface area (Å²) < 4.78 is 62.3. The van der Waals surface area contributed by atoms with Gasteiger partial charge in [0.25, 0.3) is 0 Å². The van der Waals surface area contributed by atoms with Gasteiger partial charge in [0.05, 0.1) is 29.3 Å². The third kappa shape index (κ3) is 5.60. The monoisotopic (exact) mass is 483 g/mol. The van der Waals surface area contributed by atoms with Crippen LogP contribution in [0.1, 0.15) is 42.7 Å². The van der Waals surface area contributed by atoms with E-state index in [4.69, 9.17) is 9.84 Å². The molecule has 0 aromatic heterocycles. The Morgan fingerprint density at radius 1 is 1.18 bits per heavy atom. The van der Waals surface area contributed by atoms with Crippen molar-refractivity contribution >= 4 is 9.84 Å². The van der Waals surface area contributed by atoms with Crippen molar-refractivity contribution in [2.24, 2.45) is 0 Å². The summed E-state index contributed by atoms with van der Waals surface area (Å²) in [6.07, 6.45) is -1.31. The van der Waals surface area contributed by atoms with Gasteiger partial charge in [-0.1, -0.05) is 30.3 Å². The predicted octanol–water partition coefficient (Wildman–Crippen LogP) is 2.63. The molecule has 2 aromatic carbocycles. The molecule has 2 aromatic rings. The lowest BCUT2D eigenvalue weighted by atomic mass is 9.94. The van der Waals surface area contributed by atoms with Crippen molar-refractivity contribution in [1.82, 2.24) is 5.32 Å². The Kier molecular flexibility index (Phi) is 7.91. The number of hydrogen-bond acceptors (Lipinski definition) is 6. The number of hydrogen-bond donors (Lipinski definition) is 3. The zero-order valence-corrected chi connectivity index (χ0v) is 19.8. The standard InChI is InChI=1S/C24H31F2NO5S/c1-15-22(33(30,31)23(12-27-15)16-7-5-4-6-8-16)10-17-9-21(26)19(11-20(17)25)24(2,3)32-14-18(29)13-28/h4-9,11,15,18,22-23,27-29H,10,12-14H2,1-3H3/t15-,18?,22?,23-/m0/s1. The molecule has 3 rings (SSSR count). The second-order valence-corrected chi connectivity index (χ2v) is 11.4. The summed E-state index contributed by atoms with van der Waals surface area (Å²) in [6.45, 7) is 4.27. The van der Waals surface area contributed by atoms with E-state index in [0.717, 1.165) is 12.1 Å². The average Bonchev–Trinajstić information content (AvgIpc) is 2.77. The van der Waals surface area contributed by atoms with Gasteiger partial charge < -0.3 is 20.3 Å². The highest BCUT2D eigenvalue weighted by Gasteiger charge is 2.43. The lowest BCUT2D eigenvalue weighted by Gasteiger charge is -2.36. The average molecular weight is 484 g/mol. The van der Waals surface area contributed by atoms with Gasteiger partial charge in [-0.3, -0.25) is 0 Å². The second kappa shape index (κ2) is 10.1. The molecule has 0 saturated carbocycles. The van der Waals surface area contributed by atoms with Crippen LogP contribution in [0.25, 0.3) is 0 Å². The van der Waals surface area contributed by atoms with Gasteiger partial charge in [0, 0.05) is 18.2 Å². The van der Waals surface area contributed by atoms with Crippen molar-refractivity contribution in [1.29, 1.82) is 0 Å². The van der Waals surface area contributed by atoms with Gasteiger partial charge in [-0.25, -0.2) is 17.2 Å². The second-order valence-electron chi connectivity index (χ2n) is 9.01. The summed E-state index contributed by atoms with van der Waals surface area (Å²) in [5.41, 5.74) is -0.705. The van der Waals surface area contributed by atoms with E-state index in [1.807, 2.05) is 6.07 Å². The van der Waals surface area contributed by atoms with Gasteiger partial charge in [0.2, 0.25) is 0 Å². The molecular weight excluding hydrogens is 452 g/mol. The SMILES string of the molecule is C[C@@H]1NC[C@@H](c2ccccc2)S(=O)(=O)C1Cc1cc(F)c(C(C)(C)OCC(O)CO)cc1F. The third-order valence-electron chi connectivity index (χ3n) is 6.23. The predicted molar refractivity (Wildman–Crippen MR) is 121 cm³/mol. The highest BCUT2D eigenvalue weighted by atomic mass is 32.2. The molecule has 2 unspecified atom stereocenters. The number of rotatable bonds is 8. The van der Waals surface area contributed by atoms with E-state index in [-0.39, 0.29) is 30.7 Å². The number of ether oxygens (including phenoxy) is 1. The minimum absolute atomic E-state index is 0.0293. The summed E-state index contributed by atoms with van der Waals surface area (Å²) in [7, 11) is -3.68. The first-order chi connectivity index (χ1) is 15.5. The molecule has 1 saturated heterocycles. The van der Waals surface area contributed by atoms with Crippen LogP contribution in [-0.2, 0) is 26.6 Å². The van der Waals surface area contributed by atoms with Gasteiger partial charge in [0.15, 0.2) is 9.84 Å². The first-order valence-electron chi connectivity index (χ1n) is 10.9. The Balaban J connectivity index is 1.87. The Morgan fingerprint density at radius 3 is 2.48 bits per heavy atom. The van der Waals surface area contributed by atoms with Crippen molar-refractivity contribution < 1.29 is 32.1 Å².